The minimum absolute atomic E-state index is 0.492. The zero-order valence-electron chi connectivity index (χ0n) is 12.4. The minimum atomic E-state index is 0.492. The SMILES string of the molecule is NCCC1CCOc2cc(OCc3cccc(Cl)c3)ccc21. The first kappa shape index (κ1) is 15.2. The summed E-state index contributed by atoms with van der Waals surface area (Å²) in [6, 6.07) is 13.8. The zero-order chi connectivity index (χ0) is 15.4. The van der Waals surface area contributed by atoms with Crippen LogP contribution < -0.4 is 15.2 Å². The van der Waals surface area contributed by atoms with E-state index in [1.807, 2.05) is 36.4 Å². The lowest BCUT2D eigenvalue weighted by Crippen LogP contribution is -2.17. The third-order valence-electron chi connectivity index (χ3n) is 3.96. The number of hydrogen-bond donors (Lipinski definition) is 1. The maximum atomic E-state index is 5.98. The van der Waals surface area contributed by atoms with Gasteiger partial charge in [0, 0.05) is 11.1 Å². The molecular formula is C18H20ClNO2. The Morgan fingerprint density at radius 1 is 1.23 bits per heavy atom. The van der Waals surface area contributed by atoms with Crippen molar-refractivity contribution in [3.63, 3.8) is 0 Å². The first-order valence-corrected chi connectivity index (χ1v) is 7.98. The number of fused-ring (bicyclic) bond motifs is 1. The van der Waals surface area contributed by atoms with Crippen molar-refractivity contribution in [1.82, 2.24) is 0 Å². The summed E-state index contributed by atoms with van der Waals surface area (Å²) in [6.07, 6.45) is 2.03. The monoisotopic (exact) mass is 317 g/mol. The molecule has 0 radical (unpaired) electrons. The first-order chi connectivity index (χ1) is 10.8. The van der Waals surface area contributed by atoms with Crippen molar-refractivity contribution in [2.45, 2.75) is 25.4 Å². The second-order valence-electron chi connectivity index (χ2n) is 5.53. The molecule has 1 atom stereocenters. The van der Waals surface area contributed by atoms with Crippen LogP contribution in [0.4, 0.5) is 0 Å². The summed E-state index contributed by atoms with van der Waals surface area (Å²) >= 11 is 5.98. The van der Waals surface area contributed by atoms with Gasteiger partial charge < -0.3 is 15.2 Å². The van der Waals surface area contributed by atoms with Gasteiger partial charge in [0.05, 0.1) is 6.61 Å². The number of halogens is 1. The summed E-state index contributed by atoms with van der Waals surface area (Å²) in [4.78, 5) is 0. The molecule has 3 rings (SSSR count). The number of nitrogens with two attached hydrogens (primary N) is 1. The molecule has 0 aromatic heterocycles. The van der Waals surface area contributed by atoms with Crippen LogP contribution in [0.25, 0.3) is 0 Å². The van der Waals surface area contributed by atoms with Gasteiger partial charge in [0.2, 0.25) is 0 Å². The van der Waals surface area contributed by atoms with Crippen molar-refractivity contribution >= 4 is 11.6 Å². The lowest BCUT2D eigenvalue weighted by Gasteiger charge is -2.26. The van der Waals surface area contributed by atoms with Crippen LogP contribution in [0.1, 0.15) is 29.9 Å². The Morgan fingerprint density at radius 2 is 2.14 bits per heavy atom. The smallest absolute Gasteiger partial charge is 0.126 e. The summed E-state index contributed by atoms with van der Waals surface area (Å²) in [5.41, 5.74) is 7.99. The largest absolute Gasteiger partial charge is 0.493 e. The first-order valence-electron chi connectivity index (χ1n) is 7.60. The van der Waals surface area contributed by atoms with E-state index in [4.69, 9.17) is 26.8 Å². The molecular weight excluding hydrogens is 298 g/mol. The molecule has 2 aromatic rings. The minimum Gasteiger partial charge on any atom is -0.493 e. The Hall–Kier alpha value is -1.71. The fourth-order valence-electron chi connectivity index (χ4n) is 2.83. The summed E-state index contributed by atoms with van der Waals surface area (Å²) < 4.78 is 11.6. The number of hydrogen-bond acceptors (Lipinski definition) is 3. The third kappa shape index (κ3) is 3.54. The molecule has 1 heterocycles. The maximum Gasteiger partial charge on any atom is 0.126 e. The van der Waals surface area contributed by atoms with Crippen LogP contribution in [0.3, 0.4) is 0 Å². The Morgan fingerprint density at radius 3 is 2.95 bits per heavy atom. The number of ether oxygens (including phenoxy) is 2. The van der Waals surface area contributed by atoms with Crippen molar-refractivity contribution in [3.8, 4) is 11.5 Å². The topological polar surface area (TPSA) is 44.5 Å². The molecule has 116 valence electrons. The Labute approximate surface area is 136 Å². The molecule has 0 spiro atoms. The van der Waals surface area contributed by atoms with Crippen LogP contribution in [0.5, 0.6) is 11.5 Å². The molecule has 0 fully saturated rings. The molecule has 22 heavy (non-hydrogen) atoms. The highest BCUT2D eigenvalue weighted by atomic mass is 35.5. The molecule has 4 heteroatoms. The predicted octanol–water partition coefficient (Wildman–Crippen LogP) is 4.13. The Balaban J connectivity index is 1.71. The van der Waals surface area contributed by atoms with Gasteiger partial charge >= 0.3 is 0 Å². The summed E-state index contributed by atoms with van der Waals surface area (Å²) in [7, 11) is 0. The van der Waals surface area contributed by atoms with Gasteiger partial charge in [-0.25, -0.2) is 0 Å². The second kappa shape index (κ2) is 7.03. The van der Waals surface area contributed by atoms with Crippen molar-refractivity contribution in [1.29, 1.82) is 0 Å². The fourth-order valence-corrected chi connectivity index (χ4v) is 3.04. The van der Waals surface area contributed by atoms with Gasteiger partial charge in [-0.2, -0.15) is 0 Å². The van der Waals surface area contributed by atoms with Crippen LogP contribution in [-0.4, -0.2) is 13.2 Å². The van der Waals surface area contributed by atoms with E-state index in [1.165, 1.54) is 5.56 Å². The average molecular weight is 318 g/mol. The molecule has 1 aliphatic heterocycles. The van der Waals surface area contributed by atoms with Crippen LogP contribution in [0.2, 0.25) is 5.02 Å². The molecule has 2 aromatic carbocycles. The second-order valence-corrected chi connectivity index (χ2v) is 5.97. The van der Waals surface area contributed by atoms with Crippen molar-refractivity contribution in [3.05, 3.63) is 58.6 Å². The van der Waals surface area contributed by atoms with Gasteiger partial charge in [0.25, 0.3) is 0 Å². The normalized spacial score (nSPS) is 16.7. The molecule has 0 aliphatic carbocycles. The van der Waals surface area contributed by atoms with Crippen LogP contribution in [-0.2, 0) is 6.61 Å². The van der Waals surface area contributed by atoms with Gasteiger partial charge in [-0.05, 0) is 54.6 Å². The summed E-state index contributed by atoms with van der Waals surface area (Å²) in [5, 5.41) is 0.722. The van der Waals surface area contributed by atoms with Crippen LogP contribution >= 0.6 is 11.6 Å². The highest BCUT2D eigenvalue weighted by Crippen LogP contribution is 2.37. The Bertz CT molecular complexity index is 645. The van der Waals surface area contributed by atoms with E-state index < -0.39 is 0 Å². The van der Waals surface area contributed by atoms with Gasteiger partial charge in [-0.3, -0.25) is 0 Å². The van der Waals surface area contributed by atoms with E-state index in [-0.39, 0.29) is 0 Å². The van der Waals surface area contributed by atoms with E-state index >= 15 is 0 Å². The van der Waals surface area contributed by atoms with Crippen LogP contribution in [0, 0.1) is 0 Å². The molecule has 0 saturated heterocycles. The molecule has 1 aliphatic rings. The molecule has 2 N–H and O–H groups in total. The average Bonchev–Trinajstić information content (AvgIpc) is 2.53. The summed E-state index contributed by atoms with van der Waals surface area (Å²) in [6.45, 7) is 1.94. The van der Waals surface area contributed by atoms with E-state index in [1.54, 1.807) is 0 Å². The number of rotatable bonds is 5. The van der Waals surface area contributed by atoms with E-state index in [2.05, 4.69) is 6.07 Å². The molecule has 0 bridgehead atoms. The Kier molecular flexibility index (Phi) is 4.86. The molecule has 1 unspecified atom stereocenters. The van der Waals surface area contributed by atoms with Gasteiger partial charge in [0.1, 0.15) is 18.1 Å². The number of benzene rings is 2. The lowest BCUT2D eigenvalue weighted by atomic mass is 9.90. The maximum absolute atomic E-state index is 5.98. The lowest BCUT2D eigenvalue weighted by molar-refractivity contribution is 0.258. The van der Waals surface area contributed by atoms with E-state index in [0.717, 1.165) is 41.5 Å². The van der Waals surface area contributed by atoms with E-state index in [9.17, 15) is 0 Å². The molecule has 0 amide bonds. The molecule has 3 nitrogen and oxygen atoms in total. The van der Waals surface area contributed by atoms with E-state index in [0.29, 0.717) is 19.1 Å². The third-order valence-corrected chi connectivity index (χ3v) is 4.19. The van der Waals surface area contributed by atoms with Gasteiger partial charge in [0.15, 0.2) is 0 Å². The highest BCUT2D eigenvalue weighted by Gasteiger charge is 2.21. The van der Waals surface area contributed by atoms with Crippen molar-refractivity contribution < 1.29 is 9.47 Å². The van der Waals surface area contributed by atoms with Gasteiger partial charge in [-0.1, -0.05) is 29.8 Å². The summed E-state index contributed by atoms with van der Waals surface area (Å²) in [5.74, 6) is 2.23. The van der Waals surface area contributed by atoms with Crippen molar-refractivity contribution in [2.24, 2.45) is 5.73 Å². The van der Waals surface area contributed by atoms with Crippen LogP contribution in [0.15, 0.2) is 42.5 Å². The standard InChI is InChI=1S/C18H20ClNO2/c19-15-3-1-2-13(10-15)12-22-16-4-5-17-14(6-8-20)7-9-21-18(17)11-16/h1-5,10-11,14H,6-9,12,20H2. The zero-order valence-corrected chi connectivity index (χ0v) is 13.2. The molecule has 0 saturated carbocycles. The van der Waals surface area contributed by atoms with Gasteiger partial charge in [-0.15, -0.1) is 0 Å². The highest BCUT2D eigenvalue weighted by molar-refractivity contribution is 6.30. The predicted molar refractivity (Wildman–Crippen MR) is 88.8 cm³/mol. The van der Waals surface area contributed by atoms with Crippen molar-refractivity contribution in [2.75, 3.05) is 13.2 Å². The fraction of sp³-hybridized carbons (Fsp3) is 0.333. The quantitative estimate of drug-likeness (QED) is 0.901.